The molecule has 7 heteroatoms. The lowest BCUT2D eigenvalue weighted by Gasteiger charge is -2.15. The van der Waals surface area contributed by atoms with Gasteiger partial charge in [0.15, 0.2) is 11.5 Å². The summed E-state index contributed by atoms with van der Waals surface area (Å²) < 4.78 is 29.7. The van der Waals surface area contributed by atoms with E-state index in [0.717, 1.165) is 5.56 Å². The Kier molecular flexibility index (Phi) is 7.00. The fourth-order valence-electron chi connectivity index (χ4n) is 2.68. The van der Waals surface area contributed by atoms with Crippen LogP contribution in [0, 0.1) is 5.82 Å². The average Bonchev–Trinajstić information content (AvgIpc) is 2.78. The molecule has 0 aliphatic carbocycles. The van der Waals surface area contributed by atoms with Crippen LogP contribution in [0.2, 0.25) is 0 Å². The molecular formula is C23H21FN2O4. The number of amides is 1. The summed E-state index contributed by atoms with van der Waals surface area (Å²) in [5.74, 6) is 0.543. The third kappa shape index (κ3) is 5.35. The Bertz CT molecular complexity index is 996. The van der Waals surface area contributed by atoms with Crippen molar-refractivity contribution in [3.8, 4) is 17.2 Å². The van der Waals surface area contributed by atoms with Gasteiger partial charge in [-0.05, 0) is 42.0 Å². The quantitative estimate of drug-likeness (QED) is 0.448. The predicted molar refractivity (Wildman–Crippen MR) is 112 cm³/mol. The molecule has 0 aromatic heterocycles. The van der Waals surface area contributed by atoms with Gasteiger partial charge in [-0.15, -0.1) is 0 Å². The number of nitrogens with one attached hydrogen (secondary N) is 1. The minimum atomic E-state index is -0.451. The highest BCUT2D eigenvalue weighted by molar-refractivity contribution is 5.94. The van der Waals surface area contributed by atoms with Gasteiger partial charge >= 0.3 is 0 Å². The Labute approximate surface area is 173 Å². The molecule has 0 heterocycles. The van der Waals surface area contributed by atoms with Crippen molar-refractivity contribution in [2.75, 3.05) is 14.2 Å². The molecule has 3 aromatic carbocycles. The van der Waals surface area contributed by atoms with Gasteiger partial charge < -0.3 is 14.2 Å². The van der Waals surface area contributed by atoms with Crippen LogP contribution >= 0.6 is 0 Å². The van der Waals surface area contributed by atoms with Crippen LogP contribution in [0.3, 0.4) is 0 Å². The Hall–Kier alpha value is -3.87. The molecule has 6 nitrogen and oxygen atoms in total. The van der Waals surface area contributed by atoms with Crippen molar-refractivity contribution in [2.45, 2.75) is 6.61 Å². The molecule has 1 amide bonds. The summed E-state index contributed by atoms with van der Waals surface area (Å²) in [6.07, 6.45) is 1.45. The van der Waals surface area contributed by atoms with Crippen molar-refractivity contribution >= 4 is 12.1 Å². The van der Waals surface area contributed by atoms with Crippen LogP contribution in [0.5, 0.6) is 17.2 Å². The van der Waals surface area contributed by atoms with Gasteiger partial charge in [-0.3, -0.25) is 4.79 Å². The smallest absolute Gasteiger partial charge is 0.271 e. The number of methoxy groups -OCH3 is 2. The molecule has 0 fully saturated rings. The monoisotopic (exact) mass is 408 g/mol. The maximum atomic E-state index is 13.0. The van der Waals surface area contributed by atoms with Crippen molar-refractivity contribution in [3.05, 3.63) is 89.2 Å². The molecule has 0 spiro atoms. The molecule has 0 aliphatic heterocycles. The van der Waals surface area contributed by atoms with E-state index in [-0.39, 0.29) is 0 Å². The first-order chi connectivity index (χ1) is 14.6. The number of carbonyl (C=O) groups excluding carboxylic acids is 1. The standard InChI is InChI=1S/C23H21FN2O4/c1-28-20-12-17(14-25-26-23(27)18-8-10-19(24)11-9-18)13-21(29-2)22(20)30-15-16-6-4-3-5-7-16/h3-14H,15H2,1-2H3,(H,26,27)/b25-14-. The minimum Gasteiger partial charge on any atom is -0.493 e. The molecule has 30 heavy (non-hydrogen) atoms. The normalized spacial score (nSPS) is 10.6. The molecular weight excluding hydrogens is 387 g/mol. The predicted octanol–water partition coefficient (Wildman–Crippen LogP) is 4.19. The van der Waals surface area contributed by atoms with Crippen molar-refractivity contribution in [3.63, 3.8) is 0 Å². The van der Waals surface area contributed by atoms with Crippen molar-refractivity contribution < 1.29 is 23.4 Å². The lowest BCUT2D eigenvalue weighted by molar-refractivity contribution is 0.0955. The summed E-state index contributed by atoms with van der Waals surface area (Å²) in [4.78, 5) is 12.0. The van der Waals surface area contributed by atoms with E-state index in [1.54, 1.807) is 12.1 Å². The Balaban J connectivity index is 1.73. The van der Waals surface area contributed by atoms with Gasteiger partial charge in [0.2, 0.25) is 5.75 Å². The Morgan fingerprint density at radius 3 is 2.23 bits per heavy atom. The molecule has 0 saturated heterocycles. The molecule has 1 N–H and O–H groups in total. The summed E-state index contributed by atoms with van der Waals surface area (Å²) in [5.41, 5.74) is 4.34. The maximum Gasteiger partial charge on any atom is 0.271 e. The number of rotatable bonds is 8. The summed E-state index contributed by atoms with van der Waals surface area (Å²) >= 11 is 0. The lowest BCUT2D eigenvalue weighted by atomic mass is 10.2. The van der Waals surface area contributed by atoms with E-state index in [1.807, 2.05) is 30.3 Å². The van der Waals surface area contributed by atoms with Crippen LogP contribution in [0.25, 0.3) is 0 Å². The number of ether oxygens (including phenoxy) is 3. The summed E-state index contributed by atoms with van der Waals surface area (Å²) in [6, 6.07) is 18.4. The summed E-state index contributed by atoms with van der Waals surface area (Å²) in [7, 11) is 3.06. The Morgan fingerprint density at radius 1 is 1.00 bits per heavy atom. The SMILES string of the molecule is COc1cc(/C=N\NC(=O)c2ccc(F)cc2)cc(OC)c1OCc1ccccc1. The molecule has 0 radical (unpaired) electrons. The van der Waals surface area contributed by atoms with Gasteiger partial charge in [0.1, 0.15) is 12.4 Å². The van der Waals surface area contributed by atoms with Crippen LogP contribution in [-0.2, 0) is 6.61 Å². The molecule has 3 rings (SSSR count). The van der Waals surface area contributed by atoms with E-state index < -0.39 is 11.7 Å². The van der Waals surface area contributed by atoms with E-state index in [9.17, 15) is 9.18 Å². The molecule has 0 bridgehead atoms. The Morgan fingerprint density at radius 2 is 1.63 bits per heavy atom. The second kappa shape index (κ2) is 10.1. The highest BCUT2D eigenvalue weighted by Gasteiger charge is 2.14. The fraction of sp³-hybridized carbons (Fsp3) is 0.130. The number of hydrazone groups is 1. The zero-order valence-corrected chi connectivity index (χ0v) is 16.6. The largest absolute Gasteiger partial charge is 0.493 e. The maximum absolute atomic E-state index is 13.0. The first-order valence-electron chi connectivity index (χ1n) is 9.12. The van der Waals surface area contributed by atoms with E-state index in [2.05, 4.69) is 10.5 Å². The van der Waals surface area contributed by atoms with Gasteiger partial charge in [0.05, 0.1) is 20.4 Å². The number of benzene rings is 3. The third-order valence-corrected chi connectivity index (χ3v) is 4.20. The number of hydrogen-bond donors (Lipinski definition) is 1. The zero-order chi connectivity index (χ0) is 21.3. The molecule has 0 saturated carbocycles. The number of nitrogens with zero attached hydrogens (tertiary/aromatic N) is 1. The fourth-order valence-corrected chi connectivity index (χ4v) is 2.68. The van der Waals surface area contributed by atoms with E-state index in [4.69, 9.17) is 14.2 Å². The van der Waals surface area contributed by atoms with Crippen molar-refractivity contribution in [1.29, 1.82) is 0 Å². The van der Waals surface area contributed by atoms with Crippen LogP contribution in [0.1, 0.15) is 21.5 Å². The average molecular weight is 408 g/mol. The van der Waals surface area contributed by atoms with Gasteiger partial charge in [-0.1, -0.05) is 30.3 Å². The van der Waals surface area contributed by atoms with Gasteiger partial charge in [0.25, 0.3) is 5.91 Å². The minimum absolute atomic E-state index is 0.299. The van der Waals surface area contributed by atoms with Crippen molar-refractivity contribution in [2.24, 2.45) is 5.10 Å². The molecule has 154 valence electrons. The molecule has 0 atom stereocenters. The molecule has 0 aliphatic rings. The van der Waals surface area contributed by atoms with Crippen LogP contribution in [-0.4, -0.2) is 26.3 Å². The van der Waals surface area contributed by atoms with Crippen LogP contribution in [0.15, 0.2) is 71.8 Å². The highest BCUT2D eigenvalue weighted by atomic mass is 19.1. The van der Waals surface area contributed by atoms with Gasteiger partial charge in [-0.25, -0.2) is 9.82 Å². The van der Waals surface area contributed by atoms with E-state index in [1.165, 1.54) is 44.7 Å². The van der Waals surface area contributed by atoms with Crippen LogP contribution in [0.4, 0.5) is 4.39 Å². The van der Waals surface area contributed by atoms with Gasteiger partial charge in [-0.2, -0.15) is 5.10 Å². The summed E-state index contributed by atoms with van der Waals surface area (Å²) in [6.45, 7) is 0.356. The van der Waals surface area contributed by atoms with E-state index in [0.29, 0.717) is 35.0 Å². The second-order valence-electron chi connectivity index (χ2n) is 6.23. The van der Waals surface area contributed by atoms with Crippen LogP contribution < -0.4 is 19.6 Å². The highest BCUT2D eigenvalue weighted by Crippen LogP contribution is 2.38. The van der Waals surface area contributed by atoms with E-state index >= 15 is 0 Å². The number of halogens is 1. The zero-order valence-electron chi connectivity index (χ0n) is 16.6. The lowest BCUT2D eigenvalue weighted by Crippen LogP contribution is -2.17. The molecule has 0 unspecified atom stereocenters. The first kappa shape index (κ1) is 20.9. The first-order valence-corrected chi connectivity index (χ1v) is 9.12. The third-order valence-electron chi connectivity index (χ3n) is 4.20. The van der Waals surface area contributed by atoms with Gasteiger partial charge in [0, 0.05) is 11.1 Å². The summed E-state index contributed by atoms with van der Waals surface area (Å²) in [5, 5.41) is 3.94. The van der Waals surface area contributed by atoms with Crippen molar-refractivity contribution in [1.82, 2.24) is 5.43 Å². The number of carbonyl (C=O) groups is 1. The second-order valence-corrected chi connectivity index (χ2v) is 6.23. The molecule has 3 aromatic rings. The topological polar surface area (TPSA) is 69.2 Å². The number of hydrogen-bond acceptors (Lipinski definition) is 5.